The molecule has 88 valence electrons. The van der Waals surface area contributed by atoms with Gasteiger partial charge in [-0.3, -0.25) is 4.99 Å². The van der Waals surface area contributed by atoms with Crippen molar-refractivity contribution in [1.29, 1.82) is 0 Å². The van der Waals surface area contributed by atoms with Crippen molar-refractivity contribution in [3.8, 4) is 0 Å². The summed E-state index contributed by atoms with van der Waals surface area (Å²) in [6, 6.07) is 0.379. The third-order valence-electron chi connectivity index (χ3n) is 1.60. The summed E-state index contributed by atoms with van der Waals surface area (Å²) in [6.45, 7) is 1.09. The van der Waals surface area contributed by atoms with Crippen LogP contribution in [-0.2, 0) is 4.74 Å². The van der Waals surface area contributed by atoms with Crippen LogP contribution in [0.15, 0.2) is 4.99 Å². The Balaban J connectivity index is 2.06. The van der Waals surface area contributed by atoms with Crippen LogP contribution in [0.1, 0.15) is 6.92 Å². The van der Waals surface area contributed by atoms with Crippen molar-refractivity contribution in [2.24, 2.45) is 4.99 Å². The second kappa shape index (κ2) is 5.60. The summed E-state index contributed by atoms with van der Waals surface area (Å²) in [4.78, 5) is 4.07. The maximum atomic E-state index is 11.7. The third kappa shape index (κ3) is 5.88. The molecule has 1 aliphatic heterocycles. The van der Waals surface area contributed by atoms with E-state index in [4.69, 9.17) is 0 Å². The standard InChI is InChI=1S/C8H13F3N2OS/c1-6-4-15-7(13-6)12-2-3-14-5-8(9,10)11/h6H,2-5H2,1H3,(H,12,13). The highest BCUT2D eigenvalue weighted by Crippen LogP contribution is 2.14. The first-order valence-electron chi connectivity index (χ1n) is 4.55. The topological polar surface area (TPSA) is 33.6 Å². The molecule has 0 aromatic rings. The van der Waals surface area contributed by atoms with Crippen LogP contribution < -0.4 is 5.32 Å². The van der Waals surface area contributed by atoms with Crippen LogP contribution in [0.4, 0.5) is 13.2 Å². The van der Waals surface area contributed by atoms with Gasteiger partial charge in [0.2, 0.25) is 0 Å². The van der Waals surface area contributed by atoms with Crippen molar-refractivity contribution >= 4 is 16.9 Å². The molecule has 0 aliphatic carbocycles. The molecule has 15 heavy (non-hydrogen) atoms. The molecule has 7 heteroatoms. The molecule has 0 spiro atoms. The Morgan fingerprint density at radius 3 is 2.87 bits per heavy atom. The number of halogens is 3. The van der Waals surface area contributed by atoms with E-state index in [0.717, 1.165) is 10.9 Å². The lowest BCUT2D eigenvalue weighted by molar-refractivity contribution is -0.173. The molecule has 0 bridgehead atoms. The van der Waals surface area contributed by atoms with Gasteiger partial charge in [0.1, 0.15) is 6.61 Å². The summed E-state index contributed by atoms with van der Waals surface area (Å²) in [5, 5.41) is 3.89. The molecule has 0 aromatic carbocycles. The summed E-state index contributed by atoms with van der Waals surface area (Å²) in [6.07, 6.45) is -4.25. The van der Waals surface area contributed by atoms with Crippen molar-refractivity contribution in [2.45, 2.75) is 19.1 Å². The fraction of sp³-hybridized carbons (Fsp3) is 0.875. The monoisotopic (exact) mass is 242 g/mol. The lowest BCUT2D eigenvalue weighted by Gasteiger charge is -2.06. The molecule has 0 radical (unpaired) electrons. The average molecular weight is 242 g/mol. The molecule has 1 fully saturated rings. The van der Waals surface area contributed by atoms with Gasteiger partial charge in [-0.1, -0.05) is 11.8 Å². The molecule has 3 nitrogen and oxygen atoms in total. The van der Waals surface area contributed by atoms with E-state index in [2.05, 4.69) is 15.0 Å². The Kier molecular flexibility index (Phi) is 4.72. The molecule has 1 N–H and O–H groups in total. The van der Waals surface area contributed by atoms with Crippen molar-refractivity contribution in [3.05, 3.63) is 0 Å². The first-order valence-corrected chi connectivity index (χ1v) is 5.54. The Bertz CT molecular complexity index is 232. The minimum Gasteiger partial charge on any atom is -0.370 e. The fourth-order valence-electron chi connectivity index (χ4n) is 0.989. The summed E-state index contributed by atoms with van der Waals surface area (Å²) in [7, 11) is 0. The van der Waals surface area contributed by atoms with Crippen LogP contribution in [0, 0.1) is 0 Å². The zero-order valence-electron chi connectivity index (χ0n) is 8.30. The van der Waals surface area contributed by atoms with Crippen LogP contribution in [0.25, 0.3) is 0 Å². The number of amidine groups is 1. The second-order valence-electron chi connectivity index (χ2n) is 3.21. The molecular weight excluding hydrogens is 229 g/mol. The van der Waals surface area contributed by atoms with Crippen LogP contribution in [0.3, 0.4) is 0 Å². The molecular formula is C8H13F3N2OS. The van der Waals surface area contributed by atoms with Gasteiger partial charge in [0.05, 0.1) is 13.2 Å². The zero-order valence-corrected chi connectivity index (χ0v) is 9.12. The van der Waals surface area contributed by atoms with E-state index < -0.39 is 12.8 Å². The maximum Gasteiger partial charge on any atom is 0.411 e. The summed E-state index contributed by atoms with van der Waals surface area (Å²) < 4.78 is 39.4. The number of aliphatic imine (C=N–C) groups is 1. The quantitative estimate of drug-likeness (QED) is 0.761. The number of thioether (sulfide) groups is 1. The SMILES string of the molecule is CC1CSC(=NCCOCC(F)(F)F)N1. The number of rotatable bonds is 4. The molecule has 0 amide bonds. The maximum absolute atomic E-state index is 11.7. The van der Waals surface area contributed by atoms with Crippen LogP contribution in [-0.4, -0.2) is 42.9 Å². The van der Waals surface area contributed by atoms with E-state index in [0.29, 0.717) is 6.04 Å². The van der Waals surface area contributed by atoms with Gasteiger partial charge in [0.25, 0.3) is 0 Å². The third-order valence-corrected chi connectivity index (χ3v) is 2.78. The minimum atomic E-state index is -4.25. The van der Waals surface area contributed by atoms with Gasteiger partial charge in [-0.2, -0.15) is 13.2 Å². The largest absolute Gasteiger partial charge is 0.411 e. The summed E-state index contributed by atoms with van der Waals surface area (Å²) in [5.41, 5.74) is 0. The molecule has 1 atom stereocenters. The first-order chi connectivity index (χ1) is 6.97. The van der Waals surface area contributed by atoms with Gasteiger partial charge in [-0.25, -0.2) is 0 Å². The number of ether oxygens (including phenoxy) is 1. The molecule has 0 saturated carbocycles. The lowest BCUT2D eigenvalue weighted by Crippen LogP contribution is -2.23. The highest BCUT2D eigenvalue weighted by Gasteiger charge is 2.27. The fourth-order valence-corrected chi connectivity index (χ4v) is 1.95. The molecule has 1 unspecified atom stereocenters. The highest BCUT2D eigenvalue weighted by molar-refractivity contribution is 8.14. The molecule has 1 rings (SSSR count). The molecule has 1 heterocycles. The van der Waals surface area contributed by atoms with Gasteiger partial charge in [0, 0.05) is 11.8 Å². The van der Waals surface area contributed by atoms with E-state index in [1.165, 1.54) is 0 Å². The van der Waals surface area contributed by atoms with Crippen LogP contribution in [0.5, 0.6) is 0 Å². The van der Waals surface area contributed by atoms with Gasteiger partial charge in [-0.05, 0) is 6.92 Å². The Labute approximate surface area is 90.5 Å². The molecule has 0 aromatic heterocycles. The molecule has 1 saturated heterocycles. The normalized spacial score (nSPS) is 24.5. The number of alkyl halides is 3. The van der Waals surface area contributed by atoms with E-state index >= 15 is 0 Å². The predicted molar refractivity (Wildman–Crippen MR) is 54.2 cm³/mol. The smallest absolute Gasteiger partial charge is 0.370 e. The van der Waals surface area contributed by atoms with Crippen molar-refractivity contribution < 1.29 is 17.9 Å². The van der Waals surface area contributed by atoms with E-state index in [9.17, 15) is 13.2 Å². The predicted octanol–water partition coefficient (Wildman–Crippen LogP) is 1.65. The highest BCUT2D eigenvalue weighted by atomic mass is 32.2. The Morgan fingerprint density at radius 1 is 1.60 bits per heavy atom. The van der Waals surface area contributed by atoms with E-state index in [1.54, 1.807) is 11.8 Å². The summed E-state index contributed by atoms with van der Waals surface area (Å²) >= 11 is 1.58. The van der Waals surface area contributed by atoms with Gasteiger partial charge < -0.3 is 10.1 Å². The van der Waals surface area contributed by atoms with Gasteiger partial charge in [0.15, 0.2) is 5.17 Å². The van der Waals surface area contributed by atoms with Crippen LogP contribution in [0.2, 0.25) is 0 Å². The zero-order chi connectivity index (χ0) is 11.3. The number of hydrogen-bond acceptors (Lipinski definition) is 3. The van der Waals surface area contributed by atoms with Gasteiger partial charge in [-0.15, -0.1) is 0 Å². The second-order valence-corrected chi connectivity index (χ2v) is 4.22. The Morgan fingerprint density at radius 2 is 2.33 bits per heavy atom. The number of nitrogens with one attached hydrogen (secondary N) is 1. The van der Waals surface area contributed by atoms with Crippen molar-refractivity contribution in [2.75, 3.05) is 25.5 Å². The van der Waals surface area contributed by atoms with E-state index in [-0.39, 0.29) is 13.2 Å². The lowest BCUT2D eigenvalue weighted by atomic mass is 10.4. The molecule has 1 aliphatic rings. The summed E-state index contributed by atoms with van der Waals surface area (Å²) in [5.74, 6) is 0.947. The van der Waals surface area contributed by atoms with Crippen molar-refractivity contribution in [3.63, 3.8) is 0 Å². The van der Waals surface area contributed by atoms with Crippen LogP contribution >= 0.6 is 11.8 Å². The first kappa shape index (κ1) is 12.6. The minimum absolute atomic E-state index is 0.000366. The number of hydrogen-bond donors (Lipinski definition) is 1. The average Bonchev–Trinajstić information content (AvgIpc) is 2.49. The van der Waals surface area contributed by atoms with E-state index in [1.807, 2.05) is 6.92 Å². The Hall–Kier alpha value is -0.430. The van der Waals surface area contributed by atoms with Gasteiger partial charge >= 0.3 is 6.18 Å². The van der Waals surface area contributed by atoms with Crippen molar-refractivity contribution in [1.82, 2.24) is 5.32 Å². The number of nitrogens with zero attached hydrogens (tertiary/aromatic N) is 1.